The van der Waals surface area contributed by atoms with Gasteiger partial charge in [0.2, 0.25) is 0 Å². The fourth-order valence-electron chi connectivity index (χ4n) is 0. The highest BCUT2D eigenvalue weighted by atomic mass is 19.3. The molecule has 0 aromatic heterocycles. The van der Waals surface area contributed by atoms with Crippen molar-refractivity contribution in [1.82, 2.24) is 0 Å². The van der Waals surface area contributed by atoms with Crippen LogP contribution in [0.25, 0.3) is 0 Å². The van der Waals surface area contributed by atoms with Crippen molar-refractivity contribution in [1.29, 1.82) is 0 Å². The summed E-state index contributed by atoms with van der Waals surface area (Å²) >= 11 is 0. The molecule has 0 aliphatic rings. The maximum atomic E-state index is 10.6. The summed E-state index contributed by atoms with van der Waals surface area (Å²) in [7, 11) is 0. The van der Waals surface area contributed by atoms with Crippen LogP contribution in [-0.4, -0.2) is 12.5 Å². The van der Waals surface area contributed by atoms with Crippen LogP contribution in [0.15, 0.2) is 0 Å². The molecule has 42 valence electrons. The molecule has 1 unspecified atom stereocenters. The van der Waals surface area contributed by atoms with E-state index in [1.165, 1.54) is 0 Å². The van der Waals surface area contributed by atoms with Crippen molar-refractivity contribution in [2.24, 2.45) is 0 Å². The average Bonchev–Trinajstić information content (AvgIpc) is 1.31. The fraction of sp³-hybridized carbons (Fsp3) is 1.00. The average molecular weight is 114 g/mol. The van der Waals surface area contributed by atoms with Gasteiger partial charge in [-0.25, -0.2) is 4.39 Å². The molecule has 0 saturated carbocycles. The predicted octanol–water partition coefficient (Wildman–Crippen LogP) is 0.736. The van der Waals surface area contributed by atoms with E-state index < -0.39 is 12.5 Å². The van der Waals surface area contributed by atoms with E-state index in [0.29, 0.717) is 0 Å². The molecule has 0 heterocycles. The monoisotopic (exact) mass is 114 g/mol. The van der Waals surface area contributed by atoms with Crippen molar-refractivity contribution in [2.45, 2.75) is 12.5 Å². The van der Waals surface area contributed by atoms with E-state index in [9.17, 15) is 13.2 Å². The normalized spacial score (nSPS) is 16.7. The van der Waals surface area contributed by atoms with Crippen molar-refractivity contribution in [2.75, 3.05) is 0 Å². The lowest BCUT2D eigenvalue weighted by molar-refractivity contribution is -0.338. The zero-order chi connectivity index (χ0) is 6.08. The minimum atomic E-state index is -4.97. The number of hydrogen-bond donors (Lipinski definition) is 0. The summed E-state index contributed by atoms with van der Waals surface area (Å²) in [6, 6.07) is 0. The zero-order valence-electron chi connectivity index (χ0n) is 3.03. The molecule has 0 saturated heterocycles. The molecule has 2 nitrogen and oxygen atoms in total. The standard InChI is InChI=1S/C2HF3O2/c3-1(6)2(4,5)7/h1H. The summed E-state index contributed by atoms with van der Waals surface area (Å²) < 4.78 is 31.8. The molecule has 0 fully saturated rings. The van der Waals surface area contributed by atoms with Crippen LogP contribution in [0.2, 0.25) is 0 Å². The van der Waals surface area contributed by atoms with Crippen molar-refractivity contribution >= 4 is 0 Å². The second kappa shape index (κ2) is 1.67. The van der Waals surface area contributed by atoms with E-state index in [0.717, 1.165) is 0 Å². The molecule has 1 atom stereocenters. The highest BCUT2D eigenvalue weighted by molar-refractivity contribution is 4.46. The van der Waals surface area contributed by atoms with E-state index in [1.54, 1.807) is 0 Å². The smallest absolute Gasteiger partial charge is 0.203 e. The Bertz CT molecular complexity index is 56.4. The molecule has 5 heteroatoms. The highest BCUT2D eigenvalue weighted by Crippen LogP contribution is 2.15. The van der Waals surface area contributed by atoms with Crippen molar-refractivity contribution < 1.29 is 23.4 Å². The van der Waals surface area contributed by atoms with Gasteiger partial charge in [0.05, 0.1) is 0 Å². The number of hydrogen-bond acceptors (Lipinski definition) is 0. The zero-order valence-corrected chi connectivity index (χ0v) is 3.03. The molecule has 2 radical (unpaired) electrons. The van der Waals surface area contributed by atoms with Gasteiger partial charge in [0.1, 0.15) is 0 Å². The van der Waals surface area contributed by atoms with Crippen LogP contribution in [0.5, 0.6) is 0 Å². The number of halogens is 3. The number of rotatable bonds is 1. The Morgan fingerprint density at radius 2 is 1.57 bits per heavy atom. The van der Waals surface area contributed by atoms with Gasteiger partial charge < -0.3 is 0 Å². The van der Waals surface area contributed by atoms with Crippen LogP contribution >= 0.6 is 0 Å². The van der Waals surface area contributed by atoms with Crippen LogP contribution in [-0.2, 0) is 10.2 Å². The molecule has 0 N–H and O–H groups in total. The third-order valence-electron chi connectivity index (χ3n) is 0.264. The van der Waals surface area contributed by atoms with E-state index in [1.807, 2.05) is 0 Å². The summed E-state index contributed by atoms with van der Waals surface area (Å²) in [5.74, 6) is 0. The minimum absolute atomic E-state index is 3.84. The fourth-order valence-corrected chi connectivity index (χ4v) is 0. The molecule has 0 aromatic carbocycles. The topological polar surface area (TPSA) is 39.8 Å². The first-order valence-corrected chi connectivity index (χ1v) is 1.32. The first-order valence-electron chi connectivity index (χ1n) is 1.32. The van der Waals surface area contributed by atoms with Gasteiger partial charge in [-0.05, 0) is 0 Å². The van der Waals surface area contributed by atoms with Gasteiger partial charge in [-0.15, -0.1) is 0 Å². The van der Waals surface area contributed by atoms with E-state index in [4.69, 9.17) is 10.2 Å². The molecule has 7 heavy (non-hydrogen) atoms. The minimum Gasteiger partial charge on any atom is -0.203 e. The van der Waals surface area contributed by atoms with Crippen molar-refractivity contribution in [3.05, 3.63) is 0 Å². The van der Waals surface area contributed by atoms with Gasteiger partial charge in [-0.3, -0.25) is 0 Å². The molecular formula is C2HF3O2. The Kier molecular flexibility index (Phi) is 1.60. The lowest BCUT2D eigenvalue weighted by Crippen LogP contribution is -2.25. The molecular weight excluding hydrogens is 113 g/mol. The Morgan fingerprint density at radius 1 is 1.43 bits per heavy atom. The van der Waals surface area contributed by atoms with E-state index >= 15 is 0 Å². The van der Waals surface area contributed by atoms with Gasteiger partial charge in [0, 0.05) is 0 Å². The maximum absolute atomic E-state index is 10.6. The molecule has 0 aromatic rings. The predicted molar refractivity (Wildman–Crippen MR) is 11.2 cm³/mol. The summed E-state index contributed by atoms with van der Waals surface area (Å²) in [6.45, 7) is 0. The number of alkyl halides is 3. The molecule has 0 rings (SSSR count). The van der Waals surface area contributed by atoms with Crippen molar-refractivity contribution in [3.63, 3.8) is 0 Å². The SMILES string of the molecule is [O]C(F)C([O])(F)F. The maximum Gasteiger partial charge on any atom is 0.440 e. The second-order valence-electron chi connectivity index (χ2n) is 0.878. The first kappa shape index (κ1) is 6.71. The van der Waals surface area contributed by atoms with Gasteiger partial charge in [0.25, 0.3) is 0 Å². The molecule has 0 aliphatic heterocycles. The van der Waals surface area contributed by atoms with Crippen LogP contribution < -0.4 is 0 Å². The van der Waals surface area contributed by atoms with Crippen LogP contribution in [0, 0.1) is 0 Å². The van der Waals surface area contributed by atoms with E-state index in [-0.39, 0.29) is 0 Å². The second-order valence-corrected chi connectivity index (χ2v) is 0.878. The Labute approximate surface area is 37.2 Å². The Balaban J connectivity index is 3.54. The van der Waals surface area contributed by atoms with Gasteiger partial charge in [0.15, 0.2) is 0 Å². The molecule has 0 spiro atoms. The van der Waals surface area contributed by atoms with Gasteiger partial charge in [-0.1, -0.05) is 0 Å². The Morgan fingerprint density at radius 3 is 1.57 bits per heavy atom. The molecule has 0 bridgehead atoms. The summed E-state index contributed by atoms with van der Waals surface area (Å²) in [4.78, 5) is 0. The quantitative estimate of drug-likeness (QED) is 0.482. The Hall–Kier alpha value is -0.290. The molecule has 0 aliphatic carbocycles. The third kappa shape index (κ3) is 2.41. The van der Waals surface area contributed by atoms with E-state index in [2.05, 4.69) is 0 Å². The van der Waals surface area contributed by atoms with Crippen LogP contribution in [0.3, 0.4) is 0 Å². The summed E-state index contributed by atoms with van der Waals surface area (Å²) in [5.41, 5.74) is 0. The van der Waals surface area contributed by atoms with Crippen LogP contribution in [0.4, 0.5) is 13.2 Å². The van der Waals surface area contributed by atoms with Gasteiger partial charge in [-0.2, -0.15) is 19.0 Å². The highest BCUT2D eigenvalue weighted by Gasteiger charge is 2.39. The summed E-state index contributed by atoms with van der Waals surface area (Å²) in [6.07, 6.45) is -8.81. The van der Waals surface area contributed by atoms with Gasteiger partial charge >= 0.3 is 12.5 Å². The third-order valence-corrected chi connectivity index (χ3v) is 0.264. The largest absolute Gasteiger partial charge is 0.440 e. The lowest BCUT2D eigenvalue weighted by Gasteiger charge is -2.00. The first-order chi connectivity index (χ1) is 2.94. The van der Waals surface area contributed by atoms with Crippen LogP contribution in [0.1, 0.15) is 0 Å². The lowest BCUT2D eigenvalue weighted by atomic mass is 10.6. The molecule has 0 amide bonds. The van der Waals surface area contributed by atoms with Crippen molar-refractivity contribution in [3.8, 4) is 0 Å². The summed E-state index contributed by atoms with van der Waals surface area (Å²) in [5, 5.41) is 17.6.